The number of carbonyl (C=O) groups excluding carboxylic acids is 1. The fourth-order valence-electron chi connectivity index (χ4n) is 5.35. The topological polar surface area (TPSA) is 50.7 Å². The van der Waals surface area contributed by atoms with Crippen LogP contribution in [0.3, 0.4) is 0 Å². The molecule has 0 unspecified atom stereocenters. The Bertz CT molecular complexity index is 1130. The Labute approximate surface area is 183 Å². The first-order valence-electron chi connectivity index (χ1n) is 11.2. The lowest BCUT2D eigenvalue weighted by Crippen LogP contribution is -2.22. The molecule has 0 heterocycles. The summed E-state index contributed by atoms with van der Waals surface area (Å²) in [4.78, 5) is 12.6. The Kier molecular flexibility index (Phi) is 5.23. The molecule has 0 bridgehead atoms. The number of amides is 1. The number of carbonyl (C=O) groups is 1. The van der Waals surface area contributed by atoms with Gasteiger partial charge in [-0.2, -0.15) is 5.10 Å². The van der Waals surface area contributed by atoms with E-state index < -0.39 is 0 Å². The van der Waals surface area contributed by atoms with E-state index in [1.54, 1.807) is 6.21 Å². The molecule has 0 saturated heterocycles. The predicted molar refractivity (Wildman–Crippen MR) is 124 cm³/mol. The van der Waals surface area contributed by atoms with Crippen molar-refractivity contribution in [3.8, 4) is 5.75 Å². The van der Waals surface area contributed by atoms with Crippen LogP contribution in [-0.2, 0) is 11.4 Å². The zero-order chi connectivity index (χ0) is 21.3. The van der Waals surface area contributed by atoms with Gasteiger partial charge in [0.05, 0.1) is 6.21 Å². The second kappa shape index (κ2) is 8.18. The van der Waals surface area contributed by atoms with Crippen LogP contribution in [0.15, 0.2) is 71.8 Å². The second-order valence-corrected chi connectivity index (χ2v) is 9.07. The Balaban J connectivity index is 1.20. The summed E-state index contributed by atoms with van der Waals surface area (Å²) in [7, 11) is 0. The third-order valence-corrected chi connectivity index (χ3v) is 7.13. The standard InChI is InChI=1S/C27H28N2O2/c1-27-15-5-4-14-24(27)25(27)26(30)29-28-17-19-8-6-12-22(16-19)31-18-21-11-7-10-20-9-2-3-13-23(20)21/h2-3,6-13,16-17,24-25H,4-5,14-15,18H2,1H3,(H,29,30)/b28-17-/t24-,25-,27-/m0/s1. The van der Waals surface area contributed by atoms with Crippen molar-refractivity contribution in [1.29, 1.82) is 0 Å². The molecule has 4 nitrogen and oxygen atoms in total. The van der Waals surface area contributed by atoms with E-state index in [9.17, 15) is 4.79 Å². The molecule has 2 aliphatic rings. The lowest BCUT2D eigenvalue weighted by atomic mass is 9.90. The number of fused-ring (bicyclic) bond motifs is 2. The quantitative estimate of drug-likeness (QED) is 0.417. The minimum absolute atomic E-state index is 0.0639. The van der Waals surface area contributed by atoms with Crippen LogP contribution in [0, 0.1) is 17.3 Å². The summed E-state index contributed by atoms with van der Waals surface area (Å²) in [6.07, 6.45) is 6.52. The van der Waals surface area contributed by atoms with Crippen LogP contribution in [0.4, 0.5) is 0 Å². The van der Waals surface area contributed by atoms with Crippen molar-refractivity contribution in [1.82, 2.24) is 5.43 Å². The van der Waals surface area contributed by atoms with Crippen LogP contribution in [0.5, 0.6) is 5.75 Å². The van der Waals surface area contributed by atoms with Crippen molar-refractivity contribution >= 4 is 22.9 Å². The number of ether oxygens (including phenoxy) is 1. The molecule has 5 rings (SSSR count). The van der Waals surface area contributed by atoms with Crippen molar-refractivity contribution < 1.29 is 9.53 Å². The number of benzene rings is 3. The lowest BCUT2D eigenvalue weighted by molar-refractivity contribution is -0.123. The van der Waals surface area contributed by atoms with Gasteiger partial charge < -0.3 is 4.74 Å². The molecule has 3 atom stereocenters. The minimum atomic E-state index is 0.0639. The van der Waals surface area contributed by atoms with Crippen LogP contribution in [0.25, 0.3) is 10.8 Å². The van der Waals surface area contributed by atoms with E-state index in [0.29, 0.717) is 12.5 Å². The van der Waals surface area contributed by atoms with E-state index in [0.717, 1.165) is 23.3 Å². The molecule has 1 N–H and O–H groups in total. The summed E-state index contributed by atoms with van der Waals surface area (Å²) in [6, 6.07) is 22.4. The molecule has 1 amide bonds. The number of rotatable bonds is 6. The minimum Gasteiger partial charge on any atom is -0.489 e. The summed E-state index contributed by atoms with van der Waals surface area (Å²) < 4.78 is 6.04. The highest BCUT2D eigenvalue weighted by atomic mass is 16.5. The van der Waals surface area contributed by atoms with Gasteiger partial charge in [-0.1, -0.05) is 74.4 Å². The smallest absolute Gasteiger partial charge is 0.244 e. The lowest BCUT2D eigenvalue weighted by Gasteiger charge is -2.15. The van der Waals surface area contributed by atoms with E-state index in [4.69, 9.17) is 4.74 Å². The molecule has 4 heteroatoms. The first-order valence-corrected chi connectivity index (χ1v) is 11.2. The van der Waals surface area contributed by atoms with Crippen LogP contribution < -0.4 is 10.2 Å². The van der Waals surface area contributed by atoms with Crippen molar-refractivity contribution in [3.05, 3.63) is 77.9 Å². The van der Waals surface area contributed by atoms with Gasteiger partial charge in [-0.3, -0.25) is 4.79 Å². The fraction of sp³-hybridized carbons (Fsp3) is 0.333. The molecule has 3 aromatic rings. The van der Waals surface area contributed by atoms with E-state index >= 15 is 0 Å². The third kappa shape index (κ3) is 3.95. The maximum absolute atomic E-state index is 12.6. The molecule has 0 aromatic heterocycles. The first-order chi connectivity index (χ1) is 15.1. The molecular weight excluding hydrogens is 384 g/mol. The molecule has 2 aliphatic carbocycles. The molecule has 2 fully saturated rings. The van der Waals surface area contributed by atoms with Crippen molar-refractivity contribution in [2.45, 2.75) is 39.2 Å². The zero-order valence-corrected chi connectivity index (χ0v) is 17.9. The van der Waals surface area contributed by atoms with E-state index in [-0.39, 0.29) is 17.2 Å². The number of nitrogens with zero attached hydrogens (tertiary/aromatic N) is 1. The molecule has 2 saturated carbocycles. The summed E-state index contributed by atoms with van der Waals surface area (Å²) in [5.41, 5.74) is 5.02. The van der Waals surface area contributed by atoms with Crippen LogP contribution >= 0.6 is 0 Å². The van der Waals surface area contributed by atoms with Crippen LogP contribution in [0.2, 0.25) is 0 Å². The van der Waals surface area contributed by atoms with Gasteiger partial charge in [0, 0.05) is 5.92 Å². The summed E-state index contributed by atoms with van der Waals surface area (Å²) in [5.74, 6) is 1.52. The van der Waals surface area contributed by atoms with Gasteiger partial charge in [-0.15, -0.1) is 0 Å². The monoisotopic (exact) mass is 412 g/mol. The molecule has 31 heavy (non-hydrogen) atoms. The highest BCUT2D eigenvalue weighted by molar-refractivity contribution is 5.86. The van der Waals surface area contributed by atoms with E-state index in [1.165, 1.54) is 30.0 Å². The first kappa shape index (κ1) is 19.8. The molecular formula is C27H28N2O2. The number of nitrogens with one attached hydrogen (secondary N) is 1. The van der Waals surface area contributed by atoms with Gasteiger partial charge in [-0.05, 0) is 58.2 Å². The predicted octanol–water partition coefficient (Wildman–Crippen LogP) is 5.70. The third-order valence-electron chi connectivity index (χ3n) is 7.13. The highest BCUT2D eigenvalue weighted by Gasteiger charge is 2.64. The van der Waals surface area contributed by atoms with Crippen LogP contribution in [0.1, 0.15) is 43.7 Å². The van der Waals surface area contributed by atoms with Crippen molar-refractivity contribution in [2.75, 3.05) is 0 Å². The highest BCUT2D eigenvalue weighted by Crippen LogP contribution is 2.66. The largest absolute Gasteiger partial charge is 0.489 e. The Hall–Kier alpha value is -3.14. The van der Waals surface area contributed by atoms with Crippen LogP contribution in [-0.4, -0.2) is 12.1 Å². The van der Waals surface area contributed by atoms with Gasteiger partial charge in [0.15, 0.2) is 0 Å². The van der Waals surface area contributed by atoms with Crippen molar-refractivity contribution in [2.24, 2.45) is 22.4 Å². The van der Waals surface area contributed by atoms with E-state index in [2.05, 4.69) is 47.8 Å². The van der Waals surface area contributed by atoms with Crippen molar-refractivity contribution in [3.63, 3.8) is 0 Å². The number of hydrazone groups is 1. The van der Waals surface area contributed by atoms with Gasteiger partial charge in [0.1, 0.15) is 12.4 Å². The van der Waals surface area contributed by atoms with Gasteiger partial charge in [-0.25, -0.2) is 5.43 Å². The van der Waals surface area contributed by atoms with Gasteiger partial charge >= 0.3 is 0 Å². The fourth-order valence-corrected chi connectivity index (χ4v) is 5.35. The molecule has 0 radical (unpaired) electrons. The van der Waals surface area contributed by atoms with Gasteiger partial charge in [0.2, 0.25) is 5.91 Å². The maximum atomic E-state index is 12.6. The Morgan fingerprint density at radius 1 is 1.13 bits per heavy atom. The number of hydrogen-bond acceptors (Lipinski definition) is 3. The average Bonchev–Trinajstić information content (AvgIpc) is 3.43. The van der Waals surface area contributed by atoms with Gasteiger partial charge in [0.25, 0.3) is 0 Å². The molecule has 3 aromatic carbocycles. The summed E-state index contributed by atoms with van der Waals surface area (Å²) >= 11 is 0. The Morgan fingerprint density at radius 2 is 1.97 bits per heavy atom. The summed E-state index contributed by atoms with van der Waals surface area (Å²) in [5, 5.41) is 6.63. The normalized spacial score (nSPS) is 24.7. The van der Waals surface area contributed by atoms with E-state index in [1.807, 2.05) is 36.4 Å². The SMILES string of the molecule is C[C@]12CCCC[C@H]1[C@H]2C(=O)N/N=C\c1cccc(OCc2cccc3ccccc23)c1. The number of hydrogen-bond donors (Lipinski definition) is 1. The summed E-state index contributed by atoms with van der Waals surface area (Å²) in [6.45, 7) is 2.75. The molecule has 0 aliphatic heterocycles. The Morgan fingerprint density at radius 3 is 2.84 bits per heavy atom. The zero-order valence-electron chi connectivity index (χ0n) is 17.9. The average molecular weight is 413 g/mol. The maximum Gasteiger partial charge on any atom is 0.244 e. The molecule has 158 valence electrons. The molecule has 0 spiro atoms. The second-order valence-electron chi connectivity index (χ2n) is 9.07.